The first-order valence-corrected chi connectivity index (χ1v) is 5.40. The highest BCUT2D eigenvalue weighted by Crippen LogP contribution is 2.36. The van der Waals surface area contributed by atoms with Crippen molar-refractivity contribution < 1.29 is 14.6 Å². The molecule has 6 heteroatoms. The molecule has 2 rings (SSSR count). The van der Waals surface area contributed by atoms with Crippen LogP contribution in [0.25, 0.3) is 6.08 Å². The van der Waals surface area contributed by atoms with Gasteiger partial charge in [0.05, 0.1) is 11.5 Å². The van der Waals surface area contributed by atoms with Crippen LogP contribution < -0.4 is 5.06 Å². The molecule has 0 spiro atoms. The van der Waals surface area contributed by atoms with Gasteiger partial charge in [0.2, 0.25) is 0 Å². The lowest BCUT2D eigenvalue weighted by Crippen LogP contribution is -2.29. The maximum absolute atomic E-state index is 11.1. The SMILES string of the molecule is CC(=O)ON1CC=Cc2cc(C)cc([N+](=O)[O-])c21. The normalized spacial score (nSPS) is 13.1. The summed E-state index contributed by atoms with van der Waals surface area (Å²) in [5.41, 5.74) is 1.72. The van der Waals surface area contributed by atoms with E-state index in [-0.39, 0.29) is 5.69 Å². The fraction of sp³-hybridized carbons (Fsp3) is 0.250. The minimum atomic E-state index is -0.508. The highest BCUT2D eigenvalue weighted by Gasteiger charge is 2.26. The molecule has 0 radical (unpaired) electrons. The Morgan fingerprint density at radius 2 is 2.22 bits per heavy atom. The number of benzene rings is 1. The van der Waals surface area contributed by atoms with Crippen LogP contribution >= 0.6 is 0 Å². The molecule has 0 unspecified atom stereocenters. The Labute approximate surface area is 104 Å². The van der Waals surface area contributed by atoms with Gasteiger partial charge in [0.15, 0.2) is 5.69 Å². The molecule has 1 heterocycles. The molecule has 1 aromatic rings. The first-order chi connectivity index (χ1) is 8.49. The lowest BCUT2D eigenvalue weighted by atomic mass is 10.0. The molecule has 0 N–H and O–H groups in total. The third-order valence-electron chi connectivity index (χ3n) is 2.52. The molecule has 0 atom stereocenters. The van der Waals surface area contributed by atoms with Crippen LogP contribution in [0.3, 0.4) is 0 Å². The number of hydroxylamine groups is 1. The van der Waals surface area contributed by atoms with Crippen LogP contribution in [0, 0.1) is 17.0 Å². The standard InChI is InChI=1S/C12H12N2O4/c1-8-6-10-4-3-5-13(18-9(2)15)12(10)11(7-8)14(16)17/h3-4,6-7H,5H2,1-2H3. The average molecular weight is 248 g/mol. The second-order valence-electron chi connectivity index (χ2n) is 4.03. The van der Waals surface area contributed by atoms with Gasteiger partial charge in [-0.1, -0.05) is 12.2 Å². The molecular weight excluding hydrogens is 236 g/mol. The van der Waals surface area contributed by atoms with E-state index in [9.17, 15) is 14.9 Å². The molecular formula is C12H12N2O4. The molecule has 1 aliphatic rings. The number of nitro benzene ring substituents is 1. The minimum Gasteiger partial charge on any atom is -0.341 e. The summed E-state index contributed by atoms with van der Waals surface area (Å²) in [5.74, 6) is -0.508. The summed E-state index contributed by atoms with van der Waals surface area (Å²) in [4.78, 5) is 26.6. The van der Waals surface area contributed by atoms with Gasteiger partial charge in [-0.05, 0) is 18.6 Å². The van der Waals surface area contributed by atoms with E-state index in [1.807, 2.05) is 6.07 Å². The van der Waals surface area contributed by atoms with Crippen molar-refractivity contribution in [3.63, 3.8) is 0 Å². The van der Waals surface area contributed by atoms with E-state index in [0.29, 0.717) is 17.8 Å². The zero-order valence-electron chi connectivity index (χ0n) is 10.0. The Balaban J connectivity index is 2.57. The highest BCUT2D eigenvalue weighted by molar-refractivity contribution is 5.80. The quantitative estimate of drug-likeness (QED) is 0.592. The Morgan fingerprint density at radius 1 is 1.50 bits per heavy atom. The third kappa shape index (κ3) is 2.17. The van der Waals surface area contributed by atoms with Crippen LogP contribution in [0.2, 0.25) is 0 Å². The lowest BCUT2D eigenvalue weighted by molar-refractivity contribution is -0.384. The van der Waals surface area contributed by atoms with Crippen LogP contribution in [-0.2, 0) is 9.63 Å². The number of carbonyl (C=O) groups is 1. The van der Waals surface area contributed by atoms with Crippen LogP contribution in [0.4, 0.5) is 11.4 Å². The minimum absolute atomic E-state index is 0.0596. The molecule has 1 aromatic carbocycles. The van der Waals surface area contributed by atoms with Gasteiger partial charge in [-0.3, -0.25) is 14.9 Å². The zero-order chi connectivity index (χ0) is 13.3. The van der Waals surface area contributed by atoms with Crippen LogP contribution in [0.15, 0.2) is 18.2 Å². The van der Waals surface area contributed by atoms with E-state index >= 15 is 0 Å². The molecule has 0 amide bonds. The van der Waals surface area contributed by atoms with Crippen molar-refractivity contribution in [2.45, 2.75) is 13.8 Å². The second kappa shape index (κ2) is 4.48. The maximum atomic E-state index is 11.1. The number of aryl methyl sites for hydroxylation is 1. The number of anilines is 1. The Hall–Kier alpha value is -2.37. The highest BCUT2D eigenvalue weighted by atomic mass is 16.7. The van der Waals surface area contributed by atoms with Gasteiger partial charge in [0, 0.05) is 18.6 Å². The number of fused-ring (bicyclic) bond motifs is 1. The fourth-order valence-corrected chi connectivity index (χ4v) is 1.93. The lowest BCUT2D eigenvalue weighted by Gasteiger charge is -2.25. The molecule has 18 heavy (non-hydrogen) atoms. The van der Waals surface area contributed by atoms with Gasteiger partial charge < -0.3 is 4.84 Å². The van der Waals surface area contributed by atoms with Gasteiger partial charge in [-0.2, -0.15) is 5.06 Å². The number of hydrogen-bond acceptors (Lipinski definition) is 5. The Bertz CT molecular complexity index is 551. The predicted octanol–water partition coefficient (Wildman–Crippen LogP) is 2.21. The molecule has 0 saturated carbocycles. The summed E-state index contributed by atoms with van der Waals surface area (Å²) in [6, 6.07) is 3.28. The topological polar surface area (TPSA) is 72.7 Å². The average Bonchev–Trinajstić information content (AvgIpc) is 2.26. The maximum Gasteiger partial charge on any atom is 0.329 e. The number of carbonyl (C=O) groups excluding carboxylic acids is 1. The van der Waals surface area contributed by atoms with Gasteiger partial charge in [0.1, 0.15) is 0 Å². The number of nitro groups is 1. The van der Waals surface area contributed by atoms with E-state index in [0.717, 1.165) is 5.56 Å². The van der Waals surface area contributed by atoms with E-state index < -0.39 is 10.9 Å². The summed E-state index contributed by atoms with van der Waals surface area (Å²) < 4.78 is 0. The molecule has 0 aliphatic carbocycles. The molecule has 0 bridgehead atoms. The molecule has 0 saturated heterocycles. The van der Waals surface area contributed by atoms with Crippen molar-refractivity contribution in [3.05, 3.63) is 39.4 Å². The molecule has 0 aromatic heterocycles. The van der Waals surface area contributed by atoms with Gasteiger partial charge >= 0.3 is 5.97 Å². The smallest absolute Gasteiger partial charge is 0.329 e. The van der Waals surface area contributed by atoms with Crippen molar-refractivity contribution in [1.82, 2.24) is 0 Å². The Morgan fingerprint density at radius 3 is 2.83 bits per heavy atom. The van der Waals surface area contributed by atoms with E-state index in [2.05, 4.69) is 0 Å². The summed E-state index contributed by atoms with van der Waals surface area (Å²) in [7, 11) is 0. The summed E-state index contributed by atoms with van der Waals surface area (Å²) in [6.45, 7) is 3.35. The fourth-order valence-electron chi connectivity index (χ4n) is 1.93. The summed E-state index contributed by atoms with van der Waals surface area (Å²) >= 11 is 0. The van der Waals surface area contributed by atoms with E-state index in [1.165, 1.54) is 18.1 Å². The van der Waals surface area contributed by atoms with Crippen molar-refractivity contribution in [1.29, 1.82) is 0 Å². The van der Waals surface area contributed by atoms with Crippen molar-refractivity contribution in [2.24, 2.45) is 0 Å². The number of rotatable bonds is 2. The second-order valence-corrected chi connectivity index (χ2v) is 4.03. The predicted molar refractivity (Wildman–Crippen MR) is 66.0 cm³/mol. The largest absolute Gasteiger partial charge is 0.341 e. The molecule has 94 valence electrons. The first kappa shape index (κ1) is 12.1. The molecule has 0 fully saturated rings. The van der Waals surface area contributed by atoms with Crippen molar-refractivity contribution in [3.8, 4) is 0 Å². The molecule has 1 aliphatic heterocycles. The third-order valence-corrected chi connectivity index (χ3v) is 2.52. The van der Waals surface area contributed by atoms with Crippen molar-refractivity contribution in [2.75, 3.05) is 11.6 Å². The number of nitrogens with zero attached hydrogens (tertiary/aromatic N) is 2. The summed E-state index contributed by atoms with van der Waals surface area (Å²) in [6.07, 6.45) is 3.57. The zero-order valence-corrected chi connectivity index (χ0v) is 10.0. The Kier molecular flexibility index (Phi) is 3.01. The van der Waals surface area contributed by atoms with E-state index in [4.69, 9.17) is 4.84 Å². The first-order valence-electron chi connectivity index (χ1n) is 5.40. The van der Waals surface area contributed by atoms with Gasteiger partial charge in [0.25, 0.3) is 5.69 Å². The number of hydrogen-bond donors (Lipinski definition) is 0. The molecule has 6 nitrogen and oxygen atoms in total. The van der Waals surface area contributed by atoms with Gasteiger partial charge in [-0.15, -0.1) is 0 Å². The van der Waals surface area contributed by atoms with E-state index in [1.54, 1.807) is 19.1 Å². The van der Waals surface area contributed by atoms with Crippen LogP contribution in [0.5, 0.6) is 0 Å². The van der Waals surface area contributed by atoms with Gasteiger partial charge in [-0.25, -0.2) is 0 Å². The summed E-state index contributed by atoms with van der Waals surface area (Å²) in [5, 5.41) is 12.3. The van der Waals surface area contributed by atoms with Crippen LogP contribution in [-0.4, -0.2) is 17.4 Å². The van der Waals surface area contributed by atoms with Crippen LogP contribution in [0.1, 0.15) is 18.1 Å². The van der Waals surface area contributed by atoms with Crippen molar-refractivity contribution >= 4 is 23.4 Å². The monoisotopic (exact) mass is 248 g/mol.